The number of nitrogens with one attached hydrogen (secondary N) is 1. The Morgan fingerprint density at radius 2 is 1.90 bits per heavy atom. The fourth-order valence-corrected chi connectivity index (χ4v) is 3.57. The van der Waals surface area contributed by atoms with Gasteiger partial charge in [-0.3, -0.25) is 14.9 Å². The average Bonchev–Trinajstić information content (AvgIpc) is 3.12. The molecule has 30 heavy (non-hydrogen) atoms. The number of hydrogen-bond acceptors (Lipinski definition) is 4. The van der Waals surface area contributed by atoms with Crippen molar-refractivity contribution in [2.75, 3.05) is 0 Å². The summed E-state index contributed by atoms with van der Waals surface area (Å²) in [6.45, 7) is 1.41. The third kappa shape index (κ3) is 3.75. The van der Waals surface area contributed by atoms with Gasteiger partial charge in [-0.1, -0.05) is 41.9 Å². The van der Waals surface area contributed by atoms with Crippen molar-refractivity contribution in [3.05, 3.63) is 99.3 Å². The van der Waals surface area contributed by atoms with E-state index in [0.717, 1.165) is 5.56 Å². The van der Waals surface area contributed by atoms with Crippen LogP contribution in [0.5, 0.6) is 0 Å². The molecule has 2 aromatic carbocycles. The van der Waals surface area contributed by atoms with Crippen molar-refractivity contribution in [1.29, 1.82) is 0 Å². The van der Waals surface area contributed by atoms with Crippen LogP contribution in [0.3, 0.4) is 0 Å². The molecule has 1 N–H and O–H groups in total. The number of rotatable bonds is 5. The summed E-state index contributed by atoms with van der Waals surface area (Å²) in [7, 11) is 0. The summed E-state index contributed by atoms with van der Waals surface area (Å²) in [5.41, 5.74) is 3.40. The molecule has 1 atom stereocenters. The number of fused-ring (bicyclic) bond motifs is 1. The molecule has 2 heterocycles. The predicted molar refractivity (Wildman–Crippen MR) is 114 cm³/mol. The van der Waals surface area contributed by atoms with Gasteiger partial charge in [-0.2, -0.15) is 0 Å². The largest absolute Gasteiger partial charge is 0.344 e. The van der Waals surface area contributed by atoms with Gasteiger partial charge in [-0.05, 0) is 29.8 Å². The number of amides is 1. The van der Waals surface area contributed by atoms with E-state index in [1.54, 1.807) is 24.3 Å². The Morgan fingerprint density at radius 3 is 2.60 bits per heavy atom. The molecule has 0 bridgehead atoms. The molecule has 0 aliphatic rings. The van der Waals surface area contributed by atoms with Crippen molar-refractivity contribution in [3.8, 4) is 11.3 Å². The second-order valence-electron chi connectivity index (χ2n) is 6.77. The van der Waals surface area contributed by atoms with Crippen molar-refractivity contribution in [2.45, 2.75) is 13.0 Å². The smallest absolute Gasteiger partial charge is 0.269 e. The summed E-state index contributed by atoms with van der Waals surface area (Å²) in [4.78, 5) is 27.7. The molecule has 0 radical (unpaired) electrons. The Bertz CT molecular complexity index is 1250. The number of benzene rings is 2. The first-order chi connectivity index (χ1) is 14.4. The first-order valence-electron chi connectivity index (χ1n) is 9.18. The van der Waals surface area contributed by atoms with Crippen LogP contribution in [0.25, 0.3) is 16.9 Å². The number of hydrogen-bond donors (Lipinski definition) is 1. The van der Waals surface area contributed by atoms with Crippen LogP contribution < -0.4 is 5.32 Å². The van der Waals surface area contributed by atoms with Gasteiger partial charge in [0.25, 0.3) is 5.69 Å². The molecule has 4 rings (SSSR count). The standard InChI is InChI=1S/C22H17ClN4O3/c1-14(28)24-21(16-5-4-6-18(13-16)27(29)30)22-20(15-8-10-17(23)11-9-15)25-19-7-2-3-12-26(19)22/h2-13,21H,1H3,(H,24,28). The van der Waals surface area contributed by atoms with Gasteiger partial charge in [0.05, 0.1) is 22.4 Å². The number of pyridine rings is 1. The lowest BCUT2D eigenvalue weighted by Crippen LogP contribution is -2.28. The quantitative estimate of drug-likeness (QED) is 0.371. The first-order valence-corrected chi connectivity index (χ1v) is 9.56. The van der Waals surface area contributed by atoms with Gasteiger partial charge in [-0.25, -0.2) is 4.98 Å². The lowest BCUT2D eigenvalue weighted by Gasteiger charge is -2.20. The highest BCUT2D eigenvalue weighted by Gasteiger charge is 2.26. The highest BCUT2D eigenvalue weighted by atomic mass is 35.5. The molecule has 2 aromatic heterocycles. The van der Waals surface area contributed by atoms with Crippen molar-refractivity contribution < 1.29 is 9.72 Å². The Balaban J connectivity index is 1.98. The van der Waals surface area contributed by atoms with Crippen molar-refractivity contribution in [1.82, 2.24) is 14.7 Å². The van der Waals surface area contributed by atoms with Crippen LogP contribution in [-0.4, -0.2) is 20.2 Å². The minimum absolute atomic E-state index is 0.0512. The van der Waals surface area contributed by atoms with E-state index in [-0.39, 0.29) is 11.6 Å². The molecular formula is C22H17ClN4O3. The van der Waals surface area contributed by atoms with Gasteiger partial charge < -0.3 is 9.72 Å². The monoisotopic (exact) mass is 420 g/mol. The summed E-state index contributed by atoms with van der Waals surface area (Å²) >= 11 is 6.05. The average molecular weight is 421 g/mol. The van der Waals surface area contributed by atoms with Crippen LogP contribution >= 0.6 is 11.6 Å². The minimum atomic E-state index is -0.648. The zero-order valence-corrected chi connectivity index (χ0v) is 16.7. The normalized spacial score (nSPS) is 11.9. The number of imidazole rings is 1. The molecule has 7 nitrogen and oxygen atoms in total. The van der Waals surface area contributed by atoms with Crippen LogP contribution in [0.4, 0.5) is 5.69 Å². The summed E-state index contributed by atoms with van der Waals surface area (Å²) < 4.78 is 1.88. The fourth-order valence-electron chi connectivity index (χ4n) is 3.44. The third-order valence-corrected chi connectivity index (χ3v) is 4.97. The lowest BCUT2D eigenvalue weighted by molar-refractivity contribution is -0.384. The second kappa shape index (κ2) is 7.96. The Hall–Kier alpha value is -3.71. The first kappa shape index (κ1) is 19.6. The molecule has 0 spiro atoms. The number of nitro benzene ring substituents is 1. The van der Waals surface area contributed by atoms with E-state index in [9.17, 15) is 14.9 Å². The maximum absolute atomic E-state index is 12.1. The summed E-state index contributed by atoms with van der Waals surface area (Å²) in [6.07, 6.45) is 1.85. The van der Waals surface area contributed by atoms with Crippen LogP contribution in [-0.2, 0) is 4.79 Å². The number of nitrogens with zero attached hydrogens (tertiary/aromatic N) is 3. The van der Waals surface area contributed by atoms with Crippen molar-refractivity contribution >= 4 is 28.8 Å². The molecule has 150 valence electrons. The van der Waals surface area contributed by atoms with E-state index >= 15 is 0 Å². The van der Waals surface area contributed by atoms with E-state index in [1.165, 1.54) is 19.1 Å². The number of carbonyl (C=O) groups is 1. The third-order valence-electron chi connectivity index (χ3n) is 4.72. The van der Waals surface area contributed by atoms with E-state index in [0.29, 0.717) is 27.6 Å². The highest BCUT2D eigenvalue weighted by molar-refractivity contribution is 6.30. The van der Waals surface area contributed by atoms with Crippen LogP contribution in [0.1, 0.15) is 24.2 Å². The molecule has 4 aromatic rings. The van der Waals surface area contributed by atoms with Crippen molar-refractivity contribution in [3.63, 3.8) is 0 Å². The Kier molecular flexibility index (Phi) is 5.20. The maximum atomic E-state index is 12.1. The molecule has 0 aliphatic carbocycles. The zero-order valence-electron chi connectivity index (χ0n) is 15.9. The number of non-ortho nitro benzene ring substituents is 1. The molecule has 8 heteroatoms. The van der Waals surface area contributed by atoms with Gasteiger partial charge in [0, 0.05) is 35.8 Å². The van der Waals surface area contributed by atoms with Crippen LogP contribution in [0, 0.1) is 10.1 Å². The molecule has 0 aliphatic heterocycles. The van der Waals surface area contributed by atoms with Gasteiger partial charge in [0.1, 0.15) is 5.65 Å². The number of aromatic nitrogens is 2. The topological polar surface area (TPSA) is 89.5 Å². The lowest BCUT2D eigenvalue weighted by atomic mass is 9.98. The number of nitro groups is 1. The maximum Gasteiger partial charge on any atom is 0.269 e. The number of halogens is 1. The Labute approximate surface area is 177 Å². The number of carbonyl (C=O) groups excluding carboxylic acids is 1. The fraction of sp³-hybridized carbons (Fsp3) is 0.0909. The molecular weight excluding hydrogens is 404 g/mol. The Morgan fingerprint density at radius 1 is 1.13 bits per heavy atom. The van der Waals surface area contributed by atoms with Crippen LogP contribution in [0.2, 0.25) is 5.02 Å². The van der Waals surface area contributed by atoms with E-state index < -0.39 is 11.0 Å². The van der Waals surface area contributed by atoms with E-state index in [1.807, 2.05) is 40.9 Å². The second-order valence-corrected chi connectivity index (χ2v) is 7.20. The highest BCUT2D eigenvalue weighted by Crippen LogP contribution is 2.34. The molecule has 1 unspecified atom stereocenters. The summed E-state index contributed by atoms with van der Waals surface area (Å²) in [6, 6.07) is 18.4. The molecule has 1 amide bonds. The van der Waals surface area contributed by atoms with Gasteiger partial charge in [-0.15, -0.1) is 0 Å². The SMILES string of the molecule is CC(=O)NC(c1cccc([N+](=O)[O-])c1)c1c(-c2ccc(Cl)cc2)nc2ccccn12. The van der Waals surface area contributed by atoms with Crippen molar-refractivity contribution in [2.24, 2.45) is 0 Å². The van der Waals surface area contributed by atoms with E-state index in [4.69, 9.17) is 16.6 Å². The summed E-state index contributed by atoms with van der Waals surface area (Å²) in [5, 5.41) is 14.8. The van der Waals surface area contributed by atoms with Gasteiger partial charge in [0.2, 0.25) is 5.91 Å². The van der Waals surface area contributed by atoms with Crippen LogP contribution in [0.15, 0.2) is 72.9 Å². The van der Waals surface area contributed by atoms with Gasteiger partial charge in [0.15, 0.2) is 0 Å². The summed E-state index contributed by atoms with van der Waals surface area (Å²) in [5.74, 6) is -0.264. The minimum Gasteiger partial charge on any atom is -0.344 e. The predicted octanol–water partition coefficient (Wildman–Crippen LogP) is 4.79. The zero-order chi connectivity index (χ0) is 21.3. The van der Waals surface area contributed by atoms with Gasteiger partial charge >= 0.3 is 0 Å². The van der Waals surface area contributed by atoms with E-state index in [2.05, 4.69) is 5.32 Å². The molecule has 0 saturated carbocycles. The molecule has 0 saturated heterocycles. The molecule has 0 fully saturated rings.